The SMILES string of the molecule is COc1ccc(C(=O)N2CC3(CC3)Oc3ccc(F)cc32)cc1C#N. The number of fused-ring (bicyclic) bond motifs is 1. The molecule has 1 aliphatic carbocycles. The number of methoxy groups -OCH3 is 1. The van der Waals surface area contributed by atoms with Gasteiger partial charge in [-0.1, -0.05) is 0 Å². The molecule has 5 nitrogen and oxygen atoms in total. The Labute approximate surface area is 144 Å². The summed E-state index contributed by atoms with van der Waals surface area (Å²) in [6, 6.07) is 10.9. The molecule has 1 saturated carbocycles. The van der Waals surface area contributed by atoms with Gasteiger partial charge in [-0.15, -0.1) is 0 Å². The summed E-state index contributed by atoms with van der Waals surface area (Å²) in [5.41, 5.74) is 0.676. The second kappa shape index (κ2) is 5.49. The van der Waals surface area contributed by atoms with Gasteiger partial charge in [0.15, 0.2) is 0 Å². The van der Waals surface area contributed by atoms with Crippen molar-refractivity contribution in [2.24, 2.45) is 0 Å². The molecule has 1 spiro atoms. The van der Waals surface area contributed by atoms with Crippen LogP contribution >= 0.6 is 0 Å². The maximum Gasteiger partial charge on any atom is 0.258 e. The first kappa shape index (κ1) is 15.5. The number of benzene rings is 2. The van der Waals surface area contributed by atoms with Crippen LogP contribution in [0.2, 0.25) is 0 Å². The van der Waals surface area contributed by atoms with E-state index in [2.05, 4.69) is 0 Å². The zero-order valence-electron chi connectivity index (χ0n) is 13.6. The lowest BCUT2D eigenvalue weighted by Gasteiger charge is -2.35. The van der Waals surface area contributed by atoms with Gasteiger partial charge in [0, 0.05) is 11.6 Å². The van der Waals surface area contributed by atoms with E-state index >= 15 is 0 Å². The minimum absolute atomic E-state index is 0.280. The normalized spacial score (nSPS) is 16.6. The minimum Gasteiger partial charge on any atom is -0.495 e. The number of hydrogen-bond acceptors (Lipinski definition) is 4. The molecule has 0 bridgehead atoms. The number of amides is 1. The van der Waals surface area contributed by atoms with Crippen molar-refractivity contribution >= 4 is 11.6 Å². The van der Waals surface area contributed by atoms with Crippen molar-refractivity contribution in [1.82, 2.24) is 0 Å². The van der Waals surface area contributed by atoms with Crippen LogP contribution in [0, 0.1) is 17.1 Å². The van der Waals surface area contributed by atoms with E-state index < -0.39 is 5.82 Å². The van der Waals surface area contributed by atoms with Gasteiger partial charge in [-0.3, -0.25) is 4.79 Å². The molecule has 0 N–H and O–H groups in total. The monoisotopic (exact) mass is 338 g/mol. The van der Waals surface area contributed by atoms with Crippen LogP contribution in [0.25, 0.3) is 0 Å². The van der Waals surface area contributed by atoms with Crippen molar-refractivity contribution in [1.29, 1.82) is 5.26 Å². The Kier molecular flexibility index (Phi) is 3.39. The lowest BCUT2D eigenvalue weighted by Crippen LogP contribution is -2.45. The van der Waals surface area contributed by atoms with Gasteiger partial charge < -0.3 is 14.4 Å². The molecule has 0 radical (unpaired) electrons. The van der Waals surface area contributed by atoms with Gasteiger partial charge in [0.2, 0.25) is 0 Å². The van der Waals surface area contributed by atoms with E-state index in [9.17, 15) is 14.4 Å². The summed E-state index contributed by atoms with van der Waals surface area (Å²) < 4.78 is 24.8. The Hall–Kier alpha value is -3.07. The number of nitriles is 1. The molecule has 1 aliphatic heterocycles. The molecular weight excluding hydrogens is 323 g/mol. The second-order valence-corrected chi connectivity index (χ2v) is 6.32. The van der Waals surface area contributed by atoms with Crippen LogP contribution in [0.4, 0.5) is 10.1 Å². The lowest BCUT2D eigenvalue weighted by atomic mass is 10.1. The zero-order chi connectivity index (χ0) is 17.6. The smallest absolute Gasteiger partial charge is 0.258 e. The van der Waals surface area contributed by atoms with Crippen molar-refractivity contribution in [3.63, 3.8) is 0 Å². The topological polar surface area (TPSA) is 62.6 Å². The highest BCUT2D eigenvalue weighted by atomic mass is 19.1. The van der Waals surface area contributed by atoms with Crippen molar-refractivity contribution in [2.75, 3.05) is 18.6 Å². The van der Waals surface area contributed by atoms with E-state index in [1.165, 1.54) is 30.2 Å². The molecule has 25 heavy (non-hydrogen) atoms. The first-order valence-corrected chi connectivity index (χ1v) is 7.94. The molecule has 0 aromatic heterocycles. The molecule has 1 amide bonds. The molecule has 126 valence electrons. The van der Waals surface area contributed by atoms with Crippen molar-refractivity contribution in [3.05, 3.63) is 53.3 Å². The summed E-state index contributed by atoms with van der Waals surface area (Å²) in [7, 11) is 1.47. The predicted molar refractivity (Wildman–Crippen MR) is 88.4 cm³/mol. The second-order valence-electron chi connectivity index (χ2n) is 6.32. The molecule has 2 aromatic rings. The third-order valence-electron chi connectivity index (χ3n) is 4.60. The van der Waals surface area contributed by atoms with Gasteiger partial charge in [0.1, 0.15) is 29.0 Å². The maximum atomic E-state index is 13.7. The zero-order valence-corrected chi connectivity index (χ0v) is 13.6. The standard InChI is InChI=1S/C19H15FN2O3/c1-24-16-4-2-12(8-13(16)10-21)18(23)22-11-19(6-7-19)25-17-5-3-14(20)9-15(17)22/h2-5,8-9H,6-7,11H2,1H3. The number of carbonyl (C=O) groups is 1. The highest BCUT2D eigenvalue weighted by molar-refractivity contribution is 6.07. The molecule has 2 aromatic carbocycles. The van der Waals surface area contributed by atoms with Gasteiger partial charge in [-0.05, 0) is 43.2 Å². The van der Waals surface area contributed by atoms with Crippen LogP contribution in [-0.4, -0.2) is 25.2 Å². The van der Waals surface area contributed by atoms with E-state index in [1.807, 2.05) is 6.07 Å². The van der Waals surface area contributed by atoms with Crippen LogP contribution in [0.5, 0.6) is 11.5 Å². The number of anilines is 1. The van der Waals surface area contributed by atoms with Crippen LogP contribution in [0.1, 0.15) is 28.8 Å². The van der Waals surface area contributed by atoms with Crippen LogP contribution in [0.15, 0.2) is 36.4 Å². The molecule has 4 rings (SSSR count). The largest absolute Gasteiger partial charge is 0.495 e. The summed E-state index contributed by atoms with van der Waals surface area (Å²) in [6.07, 6.45) is 1.72. The Morgan fingerprint density at radius 3 is 2.80 bits per heavy atom. The Bertz CT molecular complexity index is 915. The van der Waals surface area contributed by atoms with Crippen molar-refractivity contribution < 1.29 is 18.7 Å². The Morgan fingerprint density at radius 2 is 2.12 bits per heavy atom. The first-order chi connectivity index (χ1) is 12.0. The molecule has 0 saturated heterocycles. The van der Waals surface area contributed by atoms with Gasteiger partial charge in [-0.2, -0.15) is 5.26 Å². The van der Waals surface area contributed by atoms with E-state index in [1.54, 1.807) is 18.2 Å². The molecule has 1 heterocycles. The summed E-state index contributed by atoms with van der Waals surface area (Å²) in [5.74, 6) is 0.193. The molecular formula is C19H15FN2O3. The van der Waals surface area contributed by atoms with E-state index in [-0.39, 0.29) is 17.1 Å². The number of halogens is 1. The first-order valence-electron chi connectivity index (χ1n) is 7.94. The number of nitrogens with zero attached hydrogens (tertiary/aromatic N) is 2. The van der Waals surface area contributed by atoms with Crippen LogP contribution < -0.4 is 14.4 Å². The van der Waals surface area contributed by atoms with Crippen LogP contribution in [0.3, 0.4) is 0 Å². The summed E-state index contributed by atoms with van der Waals surface area (Å²) >= 11 is 0. The fraction of sp³-hybridized carbons (Fsp3) is 0.263. The number of hydrogen-bond donors (Lipinski definition) is 0. The van der Waals surface area contributed by atoms with E-state index in [4.69, 9.17) is 9.47 Å². The summed E-state index contributed by atoms with van der Waals surface area (Å²) in [4.78, 5) is 14.6. The Morgan fingerprint density at radius 1 is 1.32 bits per heavy atom. The third-order valence-corrected chi connectivity index (χ3v) is 4.60. The van der Waals surface area contributed by atoms with E-state index in [0.29, 0.717) is 29.3 Å². The number of rotatable bonds is 2. The van der Waals surface area contributed by atoms with Crippen molar-refractivity contribution in [3.8, 4) is 17.6 Å². The average molecular weight is 338 g/mol. The molecule has 2 aliphatic rings. The molecule has 0 unspecified atom stereocenters. The third kappa shape index (κ3) is 2.58. The predicted octanol–water partition coefficient (Wildman–Crippen LogP) is 3.28. The quantitative estimate of drug-likeness (QED) is 0.843. The Balaban J connectivity index is 1.75. The minimum atomic E-state index is -0.431. The van der Waals surface area contributed by atoms with Gasteiger partial charge in [-0.25, -0.2) is 4.39 Å². The van der Waals surface area contributed by atoms with Gasteiger partial charge in [0.05, 0.1) is 24.9 Å². The van der Waals surface area contributed by atoms with Gasteiger partial charge >= 0.3 is 0 Å². The molecule has 1 fully saturated rings. The summed E-state index contributed by atoms with van der Waals surface area (Å²) in [5, 5.41) is 9.23. The maximum absolute atomic E-state index is 13.7. The van der Waals surface area contributed by atoms with Crippen molar-refractivity contribution in [2.45, 2.75) is 18.4 Å². The average Bonchev–Trinajstić information content (AvgIpc) is 3.38. The summed E-state index contributed by atoms with van der Waals surface area (Å²) in [6.45, 7) is 0.371. The van der Waals surface area contributed by atoms with Gasteiger partial charge in [0.25, 0.3) is 5.91 Å². The highest BCUT2D eigenvalue weighted by Crippen LogP contribution is 2.48. The van der Waals surface area contributed by atoms with E-state index in [0.717, 1.165) is 12.8 Å². The molecule has 0 atom stereocenters. The fourth-order valence-electron chi connectivity index (χ4n) is 3.09. The number of carbonyl (C=O) groups excluding carboxylic acids is 1. The highest BCUT2D eigenvalue weighted by Gasteiger charge is 2.51. The molecule has 6 heteroatoms. The lowest BCUT2D eigenvalue weighted by molar-refractivity contribution is 0.0943. The number of ether oxygens (including phenoxy) is 2. The van der Waals surface area contributed by atoms with Crippen LogP contribution in [-0.2, 0) is 0 Å². The fourth-order valence-corrected chi connectivity index (χ4v) is 3.09.